The number of hydrogen-bond donors (Lipinski definition) is 14. The Balaban J connectivity index is 1.76. The van der Waals surface area contributed by atoms with Gasteiger partial charge in [0.2, 0.25) is 53.2 Å². The summed E-state index contributed by atoms with van der Waals surface area (Å²) < 4.78 is 0. The normalized spacial score (nSPS) is 19.4. The number of aliphatic carboxylic acids is 1. The van der Waals surface area contributed by atoms with Gasteiger partial charge in [-0.05, 0) is 51.4 Å². The number of nitrogens with two attached hydrogens (primary N) is 2. The van der Waals surface area contributed by atoms with Crippen molar-refractivity contribution in [2.24, 2.45) is 17.4 Å². The number of primary amides is 1. The molecular weight excluding hydrogens is 889 g/mol. The number of nitrogens with one attached hydrogen (secondary N) is 7. The van der Waals surface area contributed by atoms with E-state index in [9.17, 15) is 73.5 Å². The number of aromatic amines is 1. The molecule has 0 bridgehead atoms. The van der Waals surface area contributed by atoms with Gasteiger partial charge in [-0.15, -0.1) is 0 Å². The first-order valence-corrected chi connectivity index (χ1v) is 21.8. The standard InChI is InChI=1S/C40H64N12O15/c1-19(2)12-24(47-34(60)27(17-55)50-37(63)31(42)20(3)56)38(64)52-11-5-7-29(52)39(65)51-10-4-6-28(51)36(62)46-23(13-21-14-43-18-44-21)32(58)48-26(16-54)35(61)49-25(15-53)33(59)45-22(40(66)67)8-9-30(41)57/h14,18-20,22-29,31,53-56H,4-13,15-17,42H2,1-3H3,(H2,41,57)(H,43,44)(H,45,59)(H,46,62)(H,47,60)(H,48,58)(H,49,61)(H,50,63)(H,66,67)/t20-,22+,23+,24+,25+,26+,27+,28+,29+,31+/m1/s1. The molecule has 67 heavy (non-hydrogen) atoms. The van der Waals surface area contributed by atoms with Crippen LogP contribution < -0.4 is 43.4 Å². The number of imidazole rings is 1. The summed E-state index contributed by atoms with van der Waals surface area (Å²) in [5.41, 5.74) is 11.1. The summed E-state index contributed by atoms with van der Waals surface area (Å²) in [6.45, 7) is 2.15. The molecule has 1 aromatic heterocycles. The Morgan fingerprint density at radius 3 is 1.69 bits per heavy atom. The molecule has 9 amide bonds. The minimum Gasteiger partial charge on any atom is -0.480 e. The maximum atomic E-state index is 14.3. The Morgan fingerprint density at radius 2 is 1.21 bits per heavy atom. The summed E-state index contributed by atoms with van der Waals surface area (Å²) >= 11 is 0. The third-order valence-corrected chi connectivity index (χ3v) is 11.2. The number of H-pyrrole nitrogens is 1. The molecular formula is C40H64N12O15. The molecule has 27 heteroatoms. The molecule has 0 saturated carbocycles. The van der Waals surface area contributed by atoms with Crippen LogP contribution in [-0.2, 0) is 54.4 Å². The Bertz CT molecular complexity index is 1920. The lowest BCUT2D eigenvalue weighted by molar-refractivity contribution is -0.148. The van der Waals surface area contributed by atoms with E-state index in [2.05, 4.69) is 41.9 Å². The van der Waals surface area contributed by atoms with Crippen LogP contribution in [0, 0.1) is 5.92 Å². The molecule has 2 aliphatic rings. The third kappa shape index (κ3) is 15.9. The number of carboxylic acids is 1. The summed E-state index contributed by atoms with van der Waals surface area (Å²) in [7, 11) is 0. The van der Waals surface area contributed by atoms with Crippen LogP contribution in [0.5, 0.6) is 0 Å². The molecule has 27 nitrogen and oxygen atoms in total. The monoisotopic (exact) mass is 952 g/mol. The van der Waals surface area contributed by atoms with Crippen LogP contribution in [0.1, 0.15) is 71.4 Å². The molecule has 16 N–H and O–H groups in total. The van der Waals surface area contributed by atoms with Crippen molar-refractivity contribution in [2.75, 3.05) is 32.9 Å². The Labute approximate surface area is 384 Å². The van der Waals surface area contributed by atoms with Crippen LogP contribution >= 0.6 is 0 Å². The van der Waals surface area contributed by atoms with Gasteiger partial charge in [0.25, 0.3) is 0 Å². The van der Waals surface area contributed by atoms with Crippen LogP contribution in [0.25, 0.3) is 0 Å². The third-order valence-electron chi connectivity index (χ3n) is 11.2. The number of rotatable bonds is 26. The average Bonchev–Trinajstić information content (AvgIpc) is 4.09. The molecule has 2 saturated heterocycles. The lowest BCUT2D eigenvalue weighted by atomic mass is 10.0. The van der Waals surface area contributed by atoms with E-state index in [-0.39, 0.29) is 44.7 Å². The van der Waals surface area contributed by atoms with Crippen LogP contribution in [0.2, 0.25) is 0 Å². The molecule has 0 aliphatic carbocycles. The zero-order valence-electron chi connectivity index (χ0n) is 37.5. The Kier molecular flexibility index (Phi) is 21.5. The second kappa shape index (κ2) is 26.2. The predicted molar refractivity (Wildman–Crippen MR) is 230 cm³/mol. The zero-order valence-corrected chi connectivity index (χ0v) is 37.5. The molecule has 374 valence electrons. The van der Waals surface area contributed by atoms with Gasteiger partial charge in [0, 0.05) is 37.8 Å². The van der Waals surface area contributed by atoms with E-state index in [1.54, 1.807) is 13.8 Å². The van der Waals surface area contributed by atoms with Crippen molar-refractivity contribution >= 4 is 59.1 Å². The highest BCUT2D eigenvalue weighted by molar-refractivity contribution is 5.98. The maximum absolute atomic E-state index is 14.3. The van der Waals surface area contributed by atoms with Crippen molar-refractivity contribution in [3.05, 3.63) is 18.2 Å². The van der Waals surface area contributed by atoms with Gasteiger partial charge in [-0.3, -0.25) is 43.2 Å². The molecule has 2 aliphatic heterocycles. The smallest absolute Gasteiger partial charge is 0.326 e. The number of aliphatic hydroxyl groups excluding tert-OH is 4. The Morgan fingerprint density at radius 1 is 0.716 bits per heavy atom. The summed E-state index contributed by atoms with van der Waals surface area (Å²) in [5.74, 6) is -9.66. The van der Waals surface area contributed by atoms with E-state index in [0.29, 0.717) is 18.5 Å². The quantitative estimate of drug-likeness (QED) is 0.0410. The van der Waals surface area contributed by atoms with Crippen LogP contribution in [0.3, 0.4) is 0 Å². The number of carboxylic acid groups (broad SMARTS) is 1. The van der Waals surface area contributed by atoms with Crippen molar-refractivity contribution in [2.45, 2.75) is 133 Å². The fourth-order valence-electron chi connectivity index (χ4n) is 7.47. The molecule has 3 rings (SSSR count). The number of aliphatic hydroxyl groups is 4. The first kappa shape index (κ1) is 55.0. The second-order valence-corrected chi connectivity index (χ2v) is 16.8. The number of hydrogen-bond acceptors (Lipinski definition) is 16. The topological polar surface area (TPSA) is 431 Å². The lowest BCUT2D eigenvalue weighted by Gasteiger charge is -2.34. The minimum atomic E-state index is -1.78. The van der Waals surface area contributed by atoms with Gasteiger partial charge in [-0.2, -0.15) is 0 Å². The van der Waals surface area contributed by atoms with E-state index in [1.807, 2.05) is 0 Å². The average molecular weight is 953 g/mol. The van der Waals surface area contributed by atoms with E-state index in [0.717, 1.165) is 0 Å². The van der Waals surface area contributed by atoms with Crippen LogP contribution in [0.15, 0.2) is 12.5 Å². The second-order valence-electron chi connectivity index (χ2n) is 16.8. The first-order valence-electron chi connectivity index (χ1n) is 21.8. The minimum absolute atomic E-state index is 0.107. The van der Waals surface area contributed by atoms with Gasteiger partial charge in [0.05, 0.1) is 32.3 Å². The van der Waals surface area contributed by atoms with Gasteiger partial charge in [0.1, 0.15) is 54.4 Å². The van der Waals surface area contributed by atoms with E-state index < -0.39 is 152 Å². The van der Waals surface area contributed by atoms with Gasteiger partial charge in [-0.25, -0.2) is 9.78 Å². The summed E-state index contributed by atoms with van der Waals surface area (Å²) in [4.78, 5) is 140. The first-order chi connectivity index (χ1) is 31.6. The molecule has 1 aromatic rings. The summed E-state index contributed by atoms with van der Waals surface area (Å²) in [6, 6.07) is -12.9. The molecule has 0 spiro atoms. The number of carbonyl (C=O) groups is 10. The highest BCUT2D eigenvalue weighted by atomic mass is 16.4. The van der Waals surface area contributed by atoms with Crippen molar-refractivity contribution < 1.29 is 73.5 Å². The maximum Gasteiger partial charge on any atom is 0.326 e. The fraction of sp³-hybridized carbons (Fsp3) is 0.675. The van der Waals surface area contributed by atoms with Crippen molar-refractivity contribution in [3.8, 4) is 0 Å². The fourth-order valence-corrected chi connectivity index (χ4v) is 7.47. The molecule has 0 unspecified atom stereocenters. The number of amides is 9. The molecule has 0 radical (unpaired) electrons. The van der Waals surface area contributed by atoms with E-state index in [1.165, 1.54) is 29.2 Å². The van der Waals surface area contributed by atoms with Crippen LogP contribution in [-0.4, -0.2) is 198 Å². The highest BCUT2D eigenvalue weighted by Gasteiger charge is 2.45. The number of carbonyl (C=O) groups excluding carboxylic acids is 9. The van der Waals surface area contributed by atoms with Crippen molar-refractivity contribution in [3.63, 3.8) is 0 Å². The van der Waals surface area contributed by atoms with Gasteiger partial charge in [0.15, 0.2) is 0 Å². The number of likely N-dealkylation sites (tertiary alicyclic amines) is 2. The van der Waals surface area contributed by atoms with E-state index >= 15 is 0 Å². The highest BCUT2D eigenvalue weighted by Crippen LogP contribution is 2.26. The predicted octanol–water partition coefficient (Wildman–Crippen LogP) is -7.08. The van der Waals surface area contributed by atoms with Gasteiger partial charge < -0.3 is 83.7 Å². The lowest BCUT2D eigenvalue weighted by Crippen LogP contribution is -2.61. The summed E-state index contributed by atoms with van der Waals surface area (Å²) in [5, 5.41) is 62.8. The summed E-state index contributed by atoms with van der Waals surface area (Å²) in [6.07, 6.45) is 1.63. The molecule has 10 atom stereocenters. The van der Waals surface area contributed by atoms with Crippen molar-refractivity contribution in [1.29, 1.82) is 0 Å². The SMILES string of the molecule is CC(C)C[C@H](NC(=O)[C@H](CO)NC(=O)[C@@H](N)[C@@H](C)O)C(=O)N1CCC[C@H]1C(=O)N1CCC[C@H]1C(=O)N[C@@H](Cc1cnc[nH]1)C(=O)N[C@@H](CO)C(=O)N[C@@H](CO)C(=O)N[C@@H](CCC(N)=O)C(=O)O. The molecule has 2 fully saturated rings. The number of nitrogens with zero attached hydrogens (tertiary/aromatic N) is 3. The molecule has 0 aromatic carbocycles. The molecule has 3 heterocycles. The van der Waals surface area contributed by atoms with Gasteiger partial charge >= 0.3 is 5.97 Å². The van der Waals surface area contributed by atoms with Crippen LogP contribution in [0.4, 0.5) is 0 Å². The number of aromatic nitrogens is 2. The zero-order chi connectivity index (χ0) is 50.1. The van der Waals surface area contributed by atoms with Crippen molar-refractivity contribution in [1.82, 2.24) is 51.7 Å². The van der Waals surface area contributed by atoms with E-state index in [4.69, 9.17) is 11.5 Å². The largest absolute Gasteiger partial charge is 0.480 e. The Hall–Kier alpha value is -6.29. The van der Waals surface area contributed by atoms with Gasteiger partial charge in [-0.1, -0.05) is 13.8 Å².